The van der Waals surface area contributed by atoms with Crippen LogP contribution in [0.2, 0.25) is 5.02 Å². The van der Waals surface area contributed by atoms with Crippen molar-refractivity contribution in [1.82, 2.24) is 15.3 Å². The Morgan fingerprint density at radius 1 is 1.11 bits per heavy atom. The lowest BCUT2D eigenvalue weighted by atomic mass is 10.1. The Labute approximate surface area is 168 Å². The smallest absolute Gasteiger partial charge is 0.270 e. The summed E-state index contributed by atoms with van der Waals surface area (Å²) in [6, 6.07) is 16.6. The molecule has 0 bridgehead atoms. The van der Waals surface area contributed by atoms with E-state index in [4.69, 9.17) is 16.3 Å². The Morgan fingerprint density at radius 3 is 2.71 bits per heavy atom. The number of nitrogens with zero attached hydrogens (tertiary/aromatic N) is 2. The minimum Gasteiger partial charge on any atom is -0.496 e. The van der Waals surface area contributed by atoms with Crippen LogP contribution >= 0.6 is 11.6 Å². The van der Waals surface area contributed by atoms with Crippen LogP contribution in [-0.2, 0) is 6.42 Å². The minimum absolute atomic E-state index is 0.255. The standard InChI is InChI=1S/C21H21ClN4O2/c1-14-12-18(26-21(24-14)25-17-8-5-7-16(22)13-17)20(27)23-11-10-15-6-3-4-9-19(15)28-2/h3-9,12-13H,10-11H2,1-2H3,(H,23,27)(H,24,25,26). The lowest BCUT2D eigenvalue weighted by Gasteiger charge is -2.10. The van der Waals surface area contributed by atoms with E-state index >= 15 is 0 Å². The molecule has 0 radical (unpaired) electrons. The number of aromatic nitrogens is 2. The highest BCUT2D eigenvalue weighted by atomic mass is 35.5. The van der Waals surface area contributed by atoms with Crippen LogP contribution in [0.4, 0.5) is 11.6 Å². The van der Waals surface area contributed by atoms with Gasteiger partial charge >= 0.3 is 0 Å². The fourth-order valence-corrected chi connectivity index (χ4v) is 2.94. The zero-order valence-corrected chi connectivity index (χ0v) is 16.5. The molecule has 0 unspecified atom stereocenters. The zero-order chi connectivity index (χ0) is 19.9. The van der Waals surface area contributed by atoms with Crippen molar-refractivity contribution in [1.29, 1.82) is 0 Å². The van der Waals surface area contributed by atoms with Crippen LogP contribution < -0.4 is 15.4 Å². The number of carbonyl (C=O) groups excluding carboxylic acids is 1. The lowest BCUT2D eigenvalue weighted by molar-refractivity contribution is 0.0949. The molecule has 0 saturated carbocycles. The Kier molecular flexibility index (Phi) is 6.45. The van der Waals surface area contributed by atoms with Gasteiger partial charge in [0.05, 0.1) is 7.11 Å². The summed E-state index contributed by atoms with van der Waals surface area (Å²) in [5, 5.41) is 6.57. The van der Waals surface area contributed by atoms with Gasteiger partial charge in [-0.15, -0.1) is 0 Å². The minimum atomic E-state index is -0.255. The maximum absolute atomic E-state index is 12.5. The highest BCUT2D eigenvalue weighted by Gasteiger charge is 2.11. The molecule has 3 aromatic rings. The summed E-state index contributed by atoms with van der Waals surface area (Å²) in [5.74, 6) is 0.898. The number of rotatable bonds is 7. The normalized spacial score (nSPS) is 10.4. The molecule has 0 aliphatic rings. The summed E-state index contributed by atoms with van der Waals surface area (Å²) in [7, 11) is 1.63. The van der Waals surface area contributed by atoms with E-state index in [-0.39, 0.29) is 5.91 Å². The van der Waals surface area contributed by atoms with Gasteiger partial charge in [0.15, 0.2) is 0 Å². The van der Waals surface area contributed by atoms with Crippen molar-refractivity contribution in [2.24, 2.45) is 0 Å². The molecule has 1 amide bonds. The predicted molar refractivity (Wildman–Crippen MR) is 111 cm³/mol. The number of para-hydroxylation sites is 1. The molecule has 0 fully saturated rings. The molecule has 0 aliphatic carbocycles. The fourth-order valence-electron chi connectivity index (χ4n) is 2.75. The molecule has 0 saturated heterocycles. The molecule has 1 aromatic heterocycles. The van der Waals surface area contributed by atoms with Crippen LogP contribution in [0.15, 0.2) is 54.6 Å². The van der Waals surface area contributed by atoms with Crippen molar-refractivity contribution < 1.29 is 9.53 Å². The van der Waals surface area contributed by atoms with Crippen LogP contribution in [0.25, 0.3) is 0 Å². The van der Waals surface area contributed by atoms with Crippen molar-refractivity contribution in [3.05, 3.63) is 76.6 Å². The second-order valence-electron chi connectivity index (χ2n) is 6.17. The van der Waals surface area contributed by atoms with Crippen molar-refractivity contribution >= 4 is 29.1 Å². The molecular weight excluding hydrogens is 376 g/mol. The van der Waals surface area contributed by atoms with Gasteiger partial charge in [0, 0.05) is 22.9 Å². The molecule has 2 N–H and O–H groups in total. The number of ether oxygens (including phenoxy) is 1. The average molecular weight is 397 g/mol. The van der Waals surface area contributed by atoms with Gasteiger partial charge in [0.25, 0.3) is 5.91 Å². The van der Waals surface area contributed by atoms with Gasteiger partial charge in [-0.05, 0) is 49.2 Å². The number of methoxy groups -OCH3 is 1. The molecule has 144 valence electrons. The van der Waals surface area contributed by atoms with Gasteiger partial charge in [0.1, 0.15) is 11.4 Å². The Hall–Kier alpha value is -3.12. The lowest BCUT2D eigenvalue weighted by Crippen LogP contribution is -2.27. The second kappa shape index (κ2) is 9.19. The van der Waals surface area contributed by atoms with E-state index in [2.05, 4.69) is 20.6 Å². The number of carbonyl (C=O) groups is 1. The number of aryl methyl sites for hydroxylation is 1. The third-order valence-corrected chi connectivity index (χ3v) is 4.28. The molecule has 7 heteroatoms. The van der Waals surface area contributed by atoms with E-state index in [0.717, 1.165) is 17.0 Å². The van der Waals surface area contributed by atoms with Gasteiger partial charge in [-0.2, -0.15) is 0 Å². The first-order valence-electron chi connectivity index (χ1n) is 8.83. The number of hydrogen-bond acceptors (Lipinski definition) is 5. The van der Waals surface area contributed by atoms with E-state index in [1.165, 1.54) is 0 Å². The maximum atomic E-state index is 12.5. The number of anilines is 2. The number of nitrogens with one attached hydrogen (secondary N) is 2. The number of benzene rings is 2. The first kappa shape index (κ1) is 19.6. The highest BCUT2D eigenvalue weighted by molar-refractivity contribution is 6.30. The number of halogens is 1. The molecular formula is C21H21ClN4O2. The first-order chi connectivity index (χ1) is 13.5. The van der Waals surface area contributed by atoms with Gasteiger partial charge in [-0.25, -0.2) is 9.97 Å². The number of amides is 1. The van der Waals surface area contributed by atoms with Gasteiger partial charge in [-0.1, -0.05) is 35.9 Å². The van der Waals surface area contributed by atoms with Crippen molar-refractivity contribution in [2.75, 3.05) is 19.0 Å². The largest absolute Gasteiger partial charge is 0.496 e. The van der Waals surface area contributed by atoms with E-state index in [1.54, 1.807) is 25.3 Å². The average Bonchev–Trinajstić information content (AvgIpc) is 2.68. The summed E-state index contributed by atoms with van der Waals surface area (Å²) < 4.78 is 5.33. The van der Waals surface area contributed by atoms with Crippen molar-refractivity contribution in [2.45, 2.75) is 13.3 Å². The highest BCUT2D eigenvalue weighted by Crippen LogP contribution is 2.19. The van der Waals surface area contributed by atoms with Crippen molar-refractivity contribution in [3.8, 4) is 5.75 Å². The molecule has 1 heterocycles. The molecule has 0 atom stereocenters. The van der Waals surface area contributed by atoms with Crippen molar-refractivity contribution in [3.63, 3.8) is 0 Å². The summed E-state index contributed by atoms with van der Waals surface area (Å²) >= 11 is 6.00. The summed E-state index contributed by atoms with van der Waals surface area (Å²) in [6.07, 6.45) is 0.660. The quantitative estimate of drug-likeness (QED) is 0.627. The van der Waals surface area contributed by atoms with E-state index in [1.807, 2.05) is 43.3 Å². The van der Waals surface area contributed by atoms with Gasteiger partial charge in [-0.3, -0.25) is 4.79 Å². The predicted octanol–water partition coefficient (Wildman–Crippen LogP) is 4.16. The maximum Gasteiger partial charge on any atom is 0.270 e. The van der Waals surface area contributed by atoms with Crippen LogP contribution in [0, 0.1) is 6.92 Å². The molecule has 0 spiro atoms. The van der Waals surface area contributed by atoms with Crippen LogP contribution in [0.3, 0.4) is 0 Å². The molecule has 28 heavy (non-hydrogen) atoms. The Balaban J connectivity index is 1.65. The summed E-state index contributed by atoms with van der Waals surface area (Å²) in [5.41, 5.74) is 2.78. The summed E-state index contributed by atoms with van der Waals surface area (Å²) in [6.45, 7) is 2.29. The summed E-state index contributed by atoms with van der Waals surface area (Å²) in [4.78, 5) is 21.2. The molecule has 0 aliphatic heterocycles. The fraction of sp³-hybridized carbons (Fsp3) is 0.190. The van der Waals surface area contributed by atoms with E-state index in [0.29, 0.717) is 35.3 Å². The molecule has 2 aromatic carbocycles. The monoisotopic (exact) mass is 396 g/mol. The van der Waals surface area contributed by atoms with Gasteiger partial charge < -0.3 is 15.4 Å². The van der Waals surface area contributed by atoms with E-state index < -0.39 is 0 Å². The third kappa shape index (κ3) is 5.20. The zero-order valence-electron chi connectivity index (χ0n) is 15.7. The van der Waals surface area contributed by atoms with E-state index in [9.17, 15) is 4.79 Å². The SMILES string of the molecule is COc1ccccc1CCNC(=O)c1cc(C)nc(Nc2cccc(Cl)c2)n1. The van der Waals surface area contributed by atoms with Crippen LogP contribution in [0.1, 0.15) is 21.7 Å². The topological polar surface area (TPSA) is 76.1 Å². The van der Waals surface area contributed by atoms with Crippen LogP contribution in [0.5, 0.6) is 5.75 Å². The third-order valence-electron chi connectivity index (χ3n) is 4.04. The Morgan fingerprint density at radius 2 is 1.93 bits per heavy atom. The Bertz CT molecular complexity index is 978. The second-order valence-corrected chi connectivity index (χ2v) is 6.61. The first-order valence-corrected chi connectivity index (χ1v) is 9.21. The molecule has 6 nitrogen and oxygen atoms in total. The number of hydrogen-bond donors (Lipinski definition) is 2. The van der Waals surface area contributed by atoms with Gasteiger partial charge in [0.2, 0.25) is 5.95 Å². The molecule has 3 rings (SSSR count). The van der Waals surface area contributed by atoms with Crippen LogP contribution in [-0.4, -0.2) is 29.5 Å².